The van der Waals surface area contributed by atoms with Crippen LogP contribution < -0.4 is 4.90 Å². The van der Waals surface area contributed by atoms with Crippen LogP contribution in [-0.2, 0) is 23.9 Å². The molecule has 2 saturated heterocycles. The van der Waals surface area contributed by atoms with Crippen LogP contribution in [0.25, 0.3) is 0 Å². The van der Waals surface area contributed by atoms with E-state index in [9.17, 15) is 19.5 Å². The Hall–Kier alpha value is -2.68. The number of nitrogens with zero attached hydrogens (tertiary/aromatic N) is 2. The number of carbonyl (C=O) groups excluding carboxylic acids is 3. The number of aliphatic hydroxyl groups excluding tert-OH is 1. The van der Waals surface area contributed by atoms with Gasteiger partial charge in [-0.1, -0.05) is 55.0 Å². The van der Waals surface area contributed by atoms with Gasteiger partial charge in [-0.3, -0.25) is 14.4 Å². The van der Waals surface area contributed by atoms with Crippen molar-refractivity contribution < 1.29 is 29.0 Å². The van der Waals surface area contributed by atoms with Crippen molar-refractivity contribution in [1.29, 1.82) is 0 Å². The van der Waals surface area contributed by atoms with E-state index in [1.165, 1.54) is 4.90 Å². The first-order valence-corrected chi connectivity index (χ1v) is 12.8. The number of benzene rings is 1. The van der Waals surface area contributed by atoms with Gasteiger partial charge in [0, 0.05) is 6.54 Å². The van der Waals surface area contributed by atoms with E-state index in [1.807, 2.05) is 44.2 Å². The molecule has 192 valence electrons. The third kappa shape index (κ3) is 3.45. The number of halogens is 1. The van der Waals surface area contributed by atoms with E-state index in [0.717, 1.165) is 5.56 Å². The molecule has 2 fully saturated rings. The van der Waals surface area contributed by atoms with E-state index in [2.05, 4.69) is 0 Å². The highest BCUT2D eigenvalue weighted by Gasteiger charge is 2.75. The van der Waals surface area contributed by atoms with Crippen LogP contribution in [0.3, 0.4) is 0 Å². The molecule has 0 aliphatic carbocycles. The number of hydrogen-bond donors (Lipinski definition) is 1. The number of hydrogen-bond acceptors (Lipinski definition) is 6. The number of para-hydroxylation sites is 1. The van der Waals surface area contributed by atoms with E-state index in [1.54, 1.807) is 24.0 Å². The lowest BCUT2D eigenvalue weighted by Crippen LogP contribution is -2.59. The average Bonchev–Trinajstić information content (AvgIpc) is 3.15. The molecule has 0 bridgehead atoms. The topological polar surface area (TPSA) is 96.4 Å². The second-order valence-corrected chi connectivity index (χ2v) is 10.5. The van der Waals surface area contributed by atoms with Crippen LogP contribution in [0.5, 0.6) is 0 Å². The number of esters is 1. The Bertz CT molecular complexity index is 1140. The number of likely N-dealkylation sites (tertiary alicyclic amines) is 1. The fraction of sp³-hybridized carbons (Fsp3) is 0.519. The first-order chi connectivity index (χ1) is 17.2. The number of fused-ring (bicyclic) bond motifs is 2. The maximum atomic E-state index is 14.4. The Morgan fingerprint density at radius 1 is 1.17 bits per heavy atom. The standard InChI is InChI=1S/C27H31ClN2O6/c1-4-17(15-31)30-22-24(33)29(21-16(2)9-7-10-18(21)28)13-8-12-27(22)19(23(30)32)20-25(34)35-14-6-5-11-26(20,3)36-27/h5,7-12,17,19-20,22,31H,4,6,13-15H2,1-3H3/t17-,19-,20+,22?,26-,27-/m0/s1. The lowest BCUT2D eigenvalue weighted by atomic mass is 9.74. The largest absolute Gasteiger partial charge is 0.465 e. The van der Waals surface area contributed by atoms with Crippen molar-refractivity contribution in [1.82, 2.24) is 4.90 Å². The van der Waals surface area contributed by atoms with Crippen LogP contribution in [0, 0.1) is 18.8 Å². The van der Waals surface area contributed by atoms with E-state index >= 15 is 0 Å². The molecule has 5 rings (SSSR count). The van der Waals surface area contributed by atoms with Crippen molar-refractivity contribution in [3.63, 3.8) is 0 Å². The van der Waals surface area contributed by atoms with Crippen LogP contribution in [0.15, 0.2) is 42.5 Å². The number of carbonyl (C=O) groups is 3. The first-order valence-electron chi connectivity index (χ1n) is 12.4. The van der Waals surface area contributed by atoms with Gasteiger partial charge in [0.25, 0.3) is 5.91 Å². The molecule has 0 saturated carbocycles. The van der Waals surface area contributed by atoms with Crippen LogP contribution in [0.2, 0.25) is 5.02 Å². The average molecular weight is 515 g/mol. The minimum atomic E-state index is -1.41. The molecule has 0 radical (unpaired) electrons. The van der Waals surface area contributed by atoms with Gasteiger partial charge in [0.05, 0.1) is 41.5 Å². The van der Waals surface area contributed by atoms with Gasteiger partial charge in [0.15, 0.2) is 0 Å². The third-order valence-corrected chi connectivity index (χ3v) is 8.30. The molecule has 1 unspecified atom stereocenters. The normalized spacial score (nSPS) is 34.5. The Kier molecular flexibility index (Phi) is 6.25. The maximum Gasteiger partial charge on any atom is 0.313 e. The molecule has 4 heterocycles. The summed E-state index contributed by atoms with van der Waals surface area (Å²) in [4.78, 5) is 44.9. The maximum absolute atomic E-state index is 14.4. The molecule has 1 aromatic rings. The molecule has 2 amide bonds. The van der Waals surface area contributed by atoms with Crippen molar-refractivity contribution in [2.75, 3.05) is 24.7 Å². The second-order valence-electron chi connectivity index (χ2n) is 10.1. The number of aryl methyl sites for hydroxylation is 1. The van der Waals surface area contributed by atoms with Crippen molar-refractivity contribution in [2.45, 2.75) is 56.9 Å². The van der Waals surface area contributed by atoms with Gasteiger partial charge >= 0.3 is 5.97 Å². The summed E-state index contributed by atoms with van der Waals surface area (Å²) < 4.78 is 12.2. The smallest absolute Gasteiger partial charge is 0.313 e. The molecule has 36 heavy (non-hydrogen) atoms. The molecule has 1 spiro atoms. The van der Waals surface area contributed by atoms with Crippen molar-refractivity contribution >= 4 is 35.1 Å². The zero-order chi connectivity index (χ0) is 25.8. The van der Waals surface area contributed by atoms with Crippen molar-refractivity contribution in [2.24, 2.45) is 11.8 Å². The molecule has 6 atom stereocenters. The van der Waals surface area contributed by atoms with Crippen LogP contribution >= 0.6 is 11.6 Å². The zero-order valence-corrected chi connectivity index (χ0v) is 21.4. The minimum Gasteiger partial charge on any atom is -0.465 e. The number of ether oxygens (including phenoxy) is 2. The molecule has 4 aliphatic heterocycles. The molecular formula is C27H31ClN2O6. The van der Waals surface area contributed by atoms with E-state index in [4.69, 9.17) is 21.1 Å². The predicted octanol–water partition coefficient (Wildman–Crippen LogP) is 2.80. The van der Waals surface area contributed by atoms with Gasteiger partial charge in [-0.05, 0) is 38.3 Å². The summed E-state index contributed by atoms with van der Waals surface area (Å²) in [6, 6.07) is 3.70. The minimum absolute atomic E-state index is 0.214. The fourth-order valence-corrected chi connectivity index (χ4v) is 6.72. The summed E-state index contributed by atoms with van der Waals surface area (Å²) in [5, 5.41) is 10.6. The van der Waals surface area contributed by atoms with Gasteiger partial charge in [-0.15, -0.1) is 0 Å². The molecular weight excluding hydrogens is 484 g/mol. The third-order valence-electron chi connectivity index (χ3n) is 7.99. The monoisotopic (exact) mass is 514 g/mol. The molecule has 1 N–H and O–H groups in total. The number of rotatable bonds is 4. The van der Waals surface area contributed by atoms with E-state index in [-0.39, 0.29) is 25.7 Å². The second kappa shape index (κ2) is 9.01. The summed E-state index contributed by atoms with van der Waals surface area (Å²) >= 11 is 6.55. The SMILES string of the molecule is CC[C@@H](CO)N1C(=O)[C@@H]2[C@@H]3C(=O)OCCC=C[C@]3(C)O[C@@]23C=CCN(c2c(C)cccc2Cl)C(=O)C13. The lowest BCUT2D eigenvalue weighted by Gasteiger charge is -2.40. The summed E-state index contributed by atoms with van der Waals surface area (Å²) in [7, 11) is 0. The quantitative estimate of drug-likeness (QED) is 0.490. The van der Waals surface area contributed by atoms with Crippen LogP contribution in [0.4, 0.5) is 5.69 Å². The zero-order valence-electron chi connectivity index (χ0n) is 20.6. The van der Waals surface area contributed by atoms with E-state index in [0.29, 0.717) is 23.6 Å². The van der Waals surface area contributed by atoms with Gasteiger partial charge in [0.2, 0.25) is 5.91 Å². The Morgan fingerprint density at radius 3 is 2.64 bits per heavy atom. The Labute approximate surface area is 215 Å². The highest BCUT2D eigenvalue weighted by molar-refractivity contribution is 6.34. The predicted molar refractivity (Wildman–Crippen MR) is 133 cm³/mol. The van der Waals surface area contributed by atoms with E-state index < -0.39 is 47.0 Å². The number of amides is 2. The summed E-state index contributed by atoms with van der Waals surface area (Å²) in [6.07, 6.45) is 8.25. The molecule has 0 aromatic heterocycles. The molecule has 4 aliphatic rings. The van der Waals surface area contributed by atoms with Crippen LogP contribution in [-0.4, -0.2) is 70.8 Å². The number of cyclic esters (lactones) is 1. The highest BCUT2D eigenvalue weighted by Crippen LogP contribution is 2.58. The molecule has 9 heteroatoms. The van der Waals surface area contributed by atoms with Crippen LogP contribution in [0.1, 0.15) is 32.3 Å². The summed E-state index contributed by atoms with van der Waals surface area (Å²) in [5.74, 6) is -3.18. The summed E-state index contributed by atoms with van der Waals surface area (Å²) in [6.45, 7) is 5.60. The van der Waals surface area contributed by atoms with Gasteiger partial charge in [-0.2, -0.15) is 0 Å². The van der Waals surface area contributed by atoms with Crippen molar-refractivity contribution in [3.8, 4) is 0 Å². The molecule has 8 nitrogen and oxygen atoms in total. The van der Waals surface area contributed by atoms with Gasteiger partial charge in [0.1, 0.15) is 17.6 Å². The number of aliphatic hydroxyl groups is 1. The van der Waals surface area contributed by atoms with Gasteiger partial charge < -0.3 is 24.4 Å². The first kappa shape index (κ1) is 25.0. The number of anilines is 1. The Balaban J connectivity index is 1.71. The lowest BCUT2D eigenvalue weighted by molar-refractivity contribution is -0.160. The van der Waals surface area contributed by atoms with Gasteiger partial charge in [-0.25, -0.2) is 0 Å². The fourth-order valence-electron chi connectivity index (χ4n) is 6.40. The summed E-state index contributed by atoms with van der Waals surface area (Å²) in [5.41, 5.74) is -1.17. The molecule has 1 aromatic carbocycles. The highest BCUT2D eigenvalue weighted by atomic mass is 35.5. The Morgan fingerprint density at radius 2 is 1.94 bits per heavy atom. The van der Waals surface area contributed by atoms with Crippen molar-refractivity contribution in [3.05, 3.63) is 53.1 Å².